The molecule has 0 heterocycles. The number of rotatable bonds is 5. The summed E-state index contributed by atoms with van der Waals surface area (Å²) in [6.07, 6.45) is 1.68. The summed E-state index contributed by atoms with van der Waals surface area (Å²) in [4.78, 5) is 6.52. The van der Waals surface area contributed by atoms with Crippen LogP contribution in [0, 0.1) is 0 Å². The van der Waals surface area contributed by atoms with Crippen molar-refractivity contribution in [3.8, 4) is 0 Å². The maximum atomic E-state index is 4.28. The van der Waals surface area contributed by atoms with Gasteiger partial charge in [0.15, 0.2) is 0 Å². The van der Waals surface area contributed by atoms with E-state index in [-0.39, 0.29) is 22.3 Å². The van der Waals surface area contributed by atoms with Crippen LogP contribution in [0.2, 0.25) is 0 Å². The normalized spacial score (nSPS) is 11.9. The van der Waals surface area contributed by atoms with Gasteiger partial charge in [-0.3, -0.25) is 0 Å². The van der Waals surface area contributed by atoms with Gasteiger partial charge in [0.05, 0.1) is 0 Å². The van der Waals surface area contributed by atoms with E-state index < -0.39 is 0 Å². The van der Waals surface area contributed by atoms with Crippen LogP contribution in [-0.2, 0) is 16.8 Å². The maximum Gasteiger partial charge on any atom is 0.00163 e. The van der Waals surface area contributed by atoms with Crippen LogP contribution in [-0.4, -0.2) is 36.5 Å². The van der Waals surface area contributed by atoms with E-state index in [0.29, 0.717) is 0 Å². The molecule has 0 aromatic carbocycles. The van der Waals surface area contributed by atoms with Crippen molar-refractivity contribution in [2.24, 2.45) is 4.99 Å². The second-order valence-corrected chi connectivity index (χ2v) is 4.04. The molecule has 3 nitrogen and oxygen atoms in total. The molecular formula is C10H22CoN3-. The predicted octanol–water partition coefficient (Wildman–Crippen LogP) is 2.48. The summed E-state index contributed by atoms with van der Waals surface area (Å²) in [7, 11) is 0. The molecule has 0 amide bonds. The molecule has 0 aromatic rings. The summed E-state index contributed by atoms with van der Waals surface area (Å²) in [5.74, 6) is 0. The first-order chi connectivity index (χ1) is 5.99. The van der Waals surface area contributed by atoms with Crippen molar-refractivity contribution in [2.75, 3.05) is 19.8 Å². The molecule has 0 bridgehead atoms. The van der Waals surface area contributed by atoms with E-state index in [9.17, 15) is 0 Å². The third kappa shape index (κ3) is 10.0. The van der Waals surface area contributed by atoms with Crippen molar-refractivity contribution in [2.45, 2.75) is 40.2 Å². The Morgan fingerprint density at radius 3 is 2.07 bits per heavy atom. The monoisotopic (exact) mass is 243 g/mol. The fraction of sp³-hybridized carbons (Fsp3) is 0.900. The van der Waals surface area contributed by atoms with E-state index in [1.807, 2.05) is 0 Å². The molecule has 4 heteroatoms. The van der Waals surface area contributed by atoms with Crippen LogP contribution < -0.4 is 0 Å². The summed E-state index contributed by atoms with van der Waals surface area (Å²) < 4.78 is 0. The summed E-state index contributed by atoms with van der Waals surface area (Å²) in [5, 5.41) is 4.23. The minimum Gasteiger partial charge on any atom is -0.466 e. The zero-order chi connectivity index (χ0) is 10.3. The molecule has 0 aliphatic carbocycles. The fourth-order valence-corrected chi connectivity index (χ4v) is 0.790. The zero-order valence-electron chi connectivity index (χ0n) is 9.87. The Kier molecular flexibility index (Phi) is 9.66. The largest absolute Gasteiger partial charge is 0.466 e. The first-order valence-corrected chi connectivity index (χ1v) is 4.92. The Morgan fingerprint density at radius 1 is 1.21 bits per heavy atom. The van der Waals surface area contributed by atoms with E-state index in [1.54, 1.807) is 6.34 Å². The Balaban J connectivity index is 0. The quantitative estimate of drug-likeness (QED) is 0.539. The first-order valence-electron chi connectivity index (χ1n) is 4.92. The summed E-state index contributed by atoms with van der Waals surface area (Å²) in [6.45, 7) is 13.3. The average molecular weight is 243 g/mol. The number of hydrogen-bond acceptors (Lipinski definition) is 2. The van der Waals surface area contributed by atoms with E-state index in [1.165, 1.54) is 0 Å². The van der Waals surface area contributed by atoms with Crippen LogP contribution >= 0.6 is 0 Å². The smallest absolute Gasteiger partial charge is 0.00163 e. The van der Waals surface area contributed by atoms with Gasteiger partial charge in [-0.05, 0) is 18.6 Å². The zero-order valence-corrected chi connectivity index (χ0v) is 10.9. The van der Waals surface area contributed by atoms with Gasteiger partial charge in [-0.1, -0.05) is 34.6 Å². The van der Waals surface area contributed by atoms with Gasteiger partial charge < -0.3 is 15.2 Å². The van der Waals surface area contributed by atoms with Gasteiger partial charge in [-0.2, -0.15) is 0 Å². The van der Waals surface area contributed by atoms with Gasteiger partial charge in [0, 0.05) is 23.4 Å². The Morgan fingerprint density at radius 2 is 1.71 bits per heavy atom. The predicted molar refractivity (Wildman–Crippen MR) is 59.4 cm³/mol. The van der Waals surface area contributed by atoms with E-state index in [2.05, 4.69) is 49.8 Å². The Hall–Kier alpha value is -0.0635. The standard InChI is InChI=1S/C10H22N3.Co/c1-6-13(7-2)9-11-8-12-10(3,4)5;/h8H,6-7,9H2,1-5H3;/q-1;. The number of aliphatic imine (C=N–C) groups is 1. The van der Waals surface area contributed by atoms with Crippen LogP contribution in [0.1, 0.15) is 34.6 Å². The van der Waals surface area contributed by atoms with Crippen LogP contribution in [0.15, 0.2) is 4.99 Å². The van der Waals surface area contributed by atoms with Crippen molar-refractivity contribution in [1.29, 1.82) is 0 Å². The molecule has 0 saturated heterocycles. The molecule has 0 saturated carbocycles. The van der Waals surface area contributed by atoms with Gasteiger partial charge in [0.1, 0.15) is 0 Å². The van der Waals surface area contributed by atoms with Crippen molar-refractivity contribution in [3.63, 3.8) is 0 Å². The minimum atomic E-state index is -0.00718. The molecule has 0 N–H and O–H groups in total. The molecule has 0 aliphatic rings. The summed E-state index contributed by atoms with van der Waals surface area (Å²) in [5.41, 5.74) is -0.00718. The molecule has 0 aliphatic heterocycles. The second-order valence-electron chi connectivity index (χ2n) is 4.04. The first kappa shape index (κ1) is 16.4. The van der Waals surface area contributed by atoms with Gasteiger partial charge in [0.2, 0.25) is 0 Å². The SMILES string of the molecule is CCN(CC)C[N-]C=NC(C)(C)C.[Co]. The van der Waals surface area contributed by atoms with Crippen molar-refractivity contribution in [1.82, 2.24) is 4.90 Å². The number of hydrogen-bond donors (Lipinski definition) is 0. The van der Waals surface area contributed by atoms with Crippen LogP contribution in [0.4, 0.5) is 0 Å². The number of nitrogens with zero attached hydrogens (tertiary/aromatic N) is 3. The molecule has 0 aromatic heterocycles. The van der Waals surface area contributed by atoms with Crippen molar-refractivity contribution < 1.29 is 16.8 Å². The van der Waals surface area contributed by atoms with Gasteiger partial charge >= 0.3 is 0 Å². The van der Waals surface area contributed by atoms with E-state index in [4.69, 9.17) is 0 Å². The molecular weight excluding hydrogens is 221 g/mol. The van der Waals surface area contributed by atoms with Crippen molar-refractivity contribution >= 4 is 6.34 Å². The molecule has 14 heavy (non-hydrogen) atoms. The van der Waals surface area contributed by atoms with Gasteiger partial charge in [-0.25, -0.2) is 0 Å². The molecule has 0 rings (SSSR count). The van der Waals surface area contributed by atoms with Gasteiger partial charge in [0.25, 0.3) is 0 Å². The van der Waals surface area contributed by atoms with Crippen LogP contribution in [0.3, 0.4) is 0 Å². The minimum absolute atomic E-state index is 0. The van der Waals surface area contributed by atoms with Crippen LogP contribution in [0.5, 0.6) is 0 Å². The van der Waals surface area contributed by atoms with E-state index in [0.717, 1.165) is 19.8 Å². The molecule has 1 radical (unpaired) electrons. The fourth-order valence-electron chi connectivity index (χ4n) is 0.790. The van der Waals surface area contributed by atoms with Crippen LogP contribution in [0.25, 0.3) is 5.32 Å². The maximum absolute atomic E-state index is 4.28. The van der Waals surface area contributed by atoms with Gasteiger partial charge in [-0.15, -0.1) is 6.34 Å². The summed E-state index contributed by atoms with van der Waals surface area (Å²) in [6, 6.07) is 0. The second kappa shape index (κ2) is 8.26. The Labute approximate surface area is 98.5 Å². The Bertz CT molecular complexity index is 148. The molecule has 0 spiro atoms. The van der Waals surface area contributed by atoms with E-state index >= 15 is 0 Å². The third-order valence-corrected chi connectivity index (χ3v) is 1.70. The topological polar surface area (TPSA) is 29.7 Å². The molecule has 0 atom stereocenters. The molecule has 87 valence electrons. The average Bonchev–Trinajstić information content (AvgIpc) is 2.03. The third-order valence-electron chi connectivity index (χ3n) is 1.70. The molecule has 0 fully saturated rings. The summed E-state index contributed by atoms with van der Waals surface area (Å²) >= 11 is 0. The molecule has 0 unspecified atom stereocenters. The van der Waals surface area contributed by atoms with Crippen molar-refractivity contribution in [3.05, 3.63) is 5.32 Å².